The predicted octanol–water partition coefficient (Wildman–Crippen LogP) is 5.31. The Balaban J connectivity index is 2.04. The van der Waals surface area contributed by atoms with E-state index in [1.165, 1.54) is 24.3 Å². The number of oxazole rings is 1. The van der Waals surface area contributed by atoms with Gasteiger partial charge in [0.05, 0.1) is 24.2 Å². The number of nitrogens with zero attached hydrogens (tertiary/aromatic N) is 2. The molecular weight excluding hydrogens is 421 g/mol. The summed E-state index contributed by atoms with van der Waals surface area (Å²) < 4.78 is 30.3. The summed E-state index contributed by atoms with van der Waals surface area (Å²) in [5.74, 6) is 0.308. The van der Waals surface area contributed by atoms with Crippen LogP contribution in [0.4, 0.5) is 11.6 Å². The Hall–Kier alpha value is -3.00. The van der Waals surface area contributed by atoms with E-state index in [0.717, 1.165) is 5.56 Å². The molecule has 3 rings (SSSR count). The lowest BCUT2D eigenvalue weighted by atomic mass is 10.1. The minimum Gasteiger partial charge on any atom is -0.420 e. The lowest BCUT2D eigenvalue weighted by Gasteiger charge is -2.18. The van der Waals surface area contributed by atoms with Crippen LogP contribution >= 0.6 is 7.60 Å². The van der Waals surface area contributed by atoms with Gasteiger partial charge in [0.25, 0.3) is 5.69 Å². The fourth-order valence-electron chi connectivity index (χ4n) is 2.96. The Morgan fingerprint density at radius 2 is 1.71 bits per heavy atom. The van der Waals surface area contributed by atoms with E-state index in [4.69, 9.17) is 13.5 Å². The van der Waals surface area contributed by atoms with Crippen molar-refractivity contribution in [3.8, 4) is 11.5 Å². The van der Waals surface area contributed by atoms with Crippen molar-refractivity contribution < 1.29 is 23.0 Å². The van der Waals surface area contributed by atoms with Gasteiger partial charge in [-0.05, 0) is 38.5 Å². The number of nitrogens with one attached hydrogen (secondary N) is 1. The number of nitro benzene ring substituents is 1. The van der Waals surface area contributed by atoms with Crippen molar-refractivity contribution in [2.75, 3.05) is 18.5 Å². The molecule has 164 valence electrons. The maximum atomic E-state index is 13.4. The maximum Gasteiger partial charge on any atom is 0.385 e. The molecular formula is C21H24N3O6P. The van der Waals surface area contributed by atoms with E-state index in [1.807, 2.05) is 37.3 Å². The first-order valence-electron chi connectivity index (χ1n) is 9.84. The molecule has 0 bridgehead atoms. The molecule has 0 saturated carbocycles. The van der Waals surface area contributed by atoms with Crippen molar-refractivity contribution in [2.24, 2.45) is 0 Å². The standard InChI is InChI=1S/C21H24N3O6P/c1-4-28-31(27,29-5-2)21-20(22-15(3)16-9-7-6-8-10-16)30-19(23-21)17-11-13-18(14-12-17)24(25)26/h6-15,22H,4-5H2,1-3H3. The fraction of sp³-hybridized carbons (Fsp3) is 0.286. The van der Waals surface area contributed by atoms with Crippen molar-refractivity contribution in [2.45, 2.75) is 26.8 Å². The summed E-state index contributed by atoms with van der Waals surface area (Å²) in [5, 5.41) is 14.1. The van der Waals surface area contributed by atoms with Crippen molar-refractivity contribution in [1.82, 2.24) is 4.98 Å². The third kappa shape index (κ3) is 5.19. The summed E-state index contributed by atoms with van der Waals surface area (Å²) in [4.78, 5) is 14.8. The zero-order chi connectivity index (χ0) is 22.4. The number of rotatable bonds is 10. The van der Waals surface area contributed by atoms with Crippen molar-refractivity contribution in [3.05, 3.63) is 70.3 Å². The highest BCUT2D eigenvalue weighted by molar-refractivity contribution is 7.62. The average molecular weight is 445 g/mol. The van der Waals surface area contributed by atoms with E-state index in [9.17, 15) is 14.7 Å². The minimum absolute atomic E-state index is 0.0346. The van der Waals surface area contributed by atoms with Crippen LogP contribution in [0.3, 0.4) is 0 Å². The number of benzene rings is 2. The number of hydrogen-bond acceptors (Lipinski definition) is 8. The molecule has 10 heteroatoms. The smallest absolute Gasteiger partial charge is 0.385 e. The van der Waals surface area contributed by atoms with E-state index in [2.05, 4.69) is 10.3 Å². The van der Waals surface area contributed by atoms with Crippen molar-refractivity contribution in [1.29, 1.82) is 0 Å². The van der Waals surface area contributed by atoms with Gasteiger partial charge in [-0.15, -0.1) is 0 Å². The second-order valence-electron chi connectivity index (χ2n) is 6.59. The molecule has 1 heterocycles. The van der Waals surface area contributed by atoms with E-state index < -0.39 is 12.5 Å². The summed E-state index contributed by atoms with van der Waals surface area (Å²) in [6.07, 6.45) is 0. The summed E-state index contributed by atoms with van der Waals surface area (Å²) in [7, 11) is -3.76. The number of nitro groups is 1. The van der Waals surface area contributed by atoms with Gasteiger partial charge in [-0.3, -0.25) is 14.7 Å². The molecule has 0 aliphatic rings. The van der Waals surface area contributed by atoms with Gasteiger partial charge in [0.15, 0.2) is 0 Å². The largest absolute Gasteiger partial charge is 0.420 e. The zero-order valence-electron chi connectivity index (χ0n) is 17.5. The average Bonchev–Trinajstić information content (AvgIpc) is 3.19. The first-order valence-corrected chi connectivity index (χ1v) is 11.4. The van der Waals surface area contributed by atoms with Crippen LogP contribution in [-0.4, -0.2) is 23.1 Å². The molecule has 1 aromatic heterocycles. The normalized spacial score (nSPS) is 12.5. The van der Waals surface area contributed by atoms with E-state index >= 15 is 0 Å². The topological polar surface area (TPSA) is 117 Å². The van der Waals surface area contributed by atoms with Gasteiger partial charge in [0.1, 0.15) is 0 Å². The van der Waals surface area contributed by atoms with Crippen LogP contribution < -0.4 is 10.8 Å². The molecule has 0 spiro atoms. The monoisotopic (exact) mass is 445 g/mol. The summed E-state index contributed by atoms with van der Waals surface area (Å²) in [5.41, 5.74) is 1.46. The van der Waals surface area contributed by atoms with Gasteiger partial charge in [0, 0.05) is 17.7 Å². The van der Waals surface area contributed by atoms with Gasteiger partial charge in [-0.2, -0.15) is 4.98 Å². The highest BCUT2D eigenvalue weighted by Crippen LogP contribution is 2.49. The van der Waals surface area contributed by atoms with Gasteiger partial charge < -0.3 is 18.8 Å². The highest BCUT2D eigenvalue weighted by Gasteiger charge is 2.36. The molecule has 3 aromatic rings. The van der Waals surface area contributed by atoms with Crippen molar-refractivity contribution in [3.63, 3.8) is 0 Å². The predicted molar refractivity (Wildman–Crippen MR) is 118 cm³/mol. The highest BCUT2D eigenvalue weighted by atomic mass is 31.2. The number of aromatic nitrogens is 1. The van der Waals surface area contributed by atoms with Gasteiger partial charge >= 0.3 is 7.60 Å². The minimum atomic E-state index is -3.76. The van der Waals surface area contributed by atoms with Crippen LogP contribution in [0.2, 0.25) is 0 Å². The van der Waals surface area contributed by atoms with E-state index in [0.29, 0.717) is 5.56 Å². The van der Waals surface area contributed by atoms with Crippen LogP contribution in [0.5, 0.6) is 0 Å². The Labute approximate surface area is 180 Å². The summed E-state index contributed by atoms with van der Waals surface area (Å²) in [6.45, 7) is 5.67. The van der Waals surface area contributed by atoms with Crippen LogP contribution in [0.25, 0.3) is 11.5 Å². The molecule has 1 atom stereocenters. The molecule has 0 amide bonds. The molecule has 0 aliphatic heterocycles. The van der Waals surface area contributed by atoms with E-state index in [-0.39, 0.29) is 42.2 Å². The second kappa shape index (κ2) is 9.87. The third-order valence-electron chi connectivity index (χ3n) is 4.44. The van der Waals surface area contributed by atoms with Gasteiger partial charge in [0.2, 0.25) is 17.2 Å². The van der Waals surface area contributed by atoms with Crippen LogP contribution in [0.1, 0.15) is 32.4 Å². The number of non-ortho nitro benzene ring substituents is 1. The summed E-state index contributed by atoms with van der Waals surface area (Å²) >= 11 is 0. The van der Waals surface area contributed by atoms with Crippen LogP contribution in [-0.2, 0) is 13.6 Å². The Morgan fingerprint density at radius 1 is 1.10 bits per heavy atom. The van der Waals surface area contributed by atoms with E-state index in [1.54, 1.807) is 13.8 Å². The molecule has 0 saturated heterocycles. The number of anilines is 1. The van der Waals surface area contributed by atoms with Gasteiger partial charge in [-0.25, -0.2) is 0 Å². The molecule has 1 unspecified atom stereocenters. The fourth-order valence-corrected chi connectivity index (χ4v) is 4.53. The quantitative estimate of drug-likeness (QED) is 0.253. The summed E-state index contributed by atoms with van der Waals surface area (Å²) in [6, 6.07) is 15.2. The number of hydrogen-bond donors (Lipinski definition) is 1. The molecule has 9 nitrogen and oxygen atoms in total. The second-order valence-corrected chi connectivity index (χ2v) is 8.52. The molecule has 0 fully saturated rings. The Kier molecular flexibility index (Phi) is 7.22. The lowest BCUT2D eigenvalue weighted by molar-refractivity contribution is -0.384. The lowest BCUT2D eigenvalue weighted by Crippen LogP contribution is -2.18. The molecule has 31 heavy (non-hydrogen) atoms. The molecule has 0 radical (unpaired) electrons. The maximum absolute atomic E-state index is 13.4. The molecule has 2 aromatic carbocycles. The van der Waals surface area contributed by atoms with Crippen molar-refractivity contribution >= 4 is 24.6 Å². The zero-order valence-corrected chi connectivity index (χ0v) is 18.4. The SMILES string of the molecule is CCOP(=O)(OCC)c1nc(-c2ccc([N+](=O)[O-])cc2)oc1NC(C)c1ccccc1. The molecule has 0 aliphatic carbocycles. The first kappa shape index (κ1) is 22.7. The van der Waals surface area contributed by atoms with Gasteiger partial charge in [-0.1, -0.05) is 30.3 Å². The van der Waals surface area contributed by atoms with Crippen LogP contribution in [0, 0.1) is 10.1 Å². The third-order valence-corrected chi connectivity index (χ3v) is 6.46. The Morgan fingerprint density at radius 3 is 2.26 bits per heavy atom. The molecule has 1 N–H and O–H groups in total. The Bertz CT molecular complexity index is 1060. The first-order chi connectivity index (χ1) is 14.9. The van der Waals surface area contributed by atoms with Crippen LogP contribution in [0.15, 0.2) is 59.0 Å².